The van der Waals surface area contributed by atoms with Gasteiger partial charge in [0, 0.05) is 18.6 Å². The lowest BCUT2D eigenvalue weighted by Gasteiger charge is -2.56. The number of carbonyl (C=O) groups is 1. The minimum absolute atomic E-state index is 0.0811. The topological polar surface area (TPSA) is 44.4 Å². The Morgan fingerprint density at radius 2 is 1.73 bits per heavy atom. The largest absolute Gasteiger partial charge is 0.338 e. The SMILES string of the molecule is O=C(NCCCN1CCCC(Cc2ccccc2)C1)NC12CC3CC(CC(C3)C1)C2. The Balaban J connectivity index is 1.01. The highest BCUT2D eigenvalue weighted by Crippen LogP contribution is 2.55. The smallest absolute Gasteiger partial charge is 0.315 e. The van der Waals surface area contributed by atoms with E-state index in [4.69, 9.17) is 0 Å². The predicted molar refractivity (Wildman–Crippen MR) is 121 cm³/mol. The molecule has 1 aromatic carbocycles. The molecule has 30 heavy (non-hydrogen) atoms. The van der Waals surface area contributed by atoms with Gasteiger partial charge in [0.15, 0.2) is 0 Å². The molecule has 5 fully saturated rings. The highest BCUT2D eigenvalue weighted by Gasteiger charge is 2.51. The van der Waals surface area contributed by atoms with Gasteiger partial charge in [-0.3, -0.25) is 0 Å². The molecule has 4 nitrogen and oxygen atoms in total. The molecule has 4 aliphatic carbocycles. The maximum absolute atomic E-state index is 12.6. The van der Waals surface area contributed by atoms with Crippen molar-refractivity contribution in [2.45, 2.75) is 69.7 Å². The first-order valence-corrected chi connectivity index (χ1v) is 12.5. The fraction of sp³-hybridized carbons (Fsp3) is 0.731. The minimum Gasteiger partial charge on any atom is -0.338 e. The molecule has 0 aromatic heterocycles. The van der Waals surface area contributed by atoms with E-state index in [1.807, 2.05) is 0 Å². The molecule has 4 saturated carbocycles. The van der Waals surface area contributed by atoms with Crippen molar-refractivity contribution in [2.75, 3.05) is 26.2 Å². The summed E-state index contributed by atoms with van der Waals surface area (Å²) in [5.41, 5.74) is 1.59. The molecule has 1 atom stereocenters. The van der Waals surface area contributed by atoms with E-state index >= 15 is 0 Å². The Morgan fingerprint density at radius 1 is 1.03 bits per heavy atom. The van der Waals surface area contributed by atoms with Crippen molar-refractivity contribution in [2.24, 2.45) is 23.7 Å². The van der Waals surface area contributed by atoms with Crippen molar-refractivity contribution in [1.29, 1.82) is 0 Å². The van der Waals surface area contributed by atoms with E-state index in [0.29, 0.717) is 0 Å². The normalized spacial score (nSPS) is 35.3. The van der Waals surface area contributed by atoms with Gasteiger partial charge in [0.25, 0.3) is 0 Å². The second-order valence-corrected chi connectivity index (χ2v) is 10.9. The Labute approximate surface area is 182 Å². The first-order valence-electron chi connectivity index (χ1n) is 12.5. The molecule has 1 saturated heterocycles. The highest BCUT2D eigenvalue weighted by atomic mass is 16.2. The number of urea groups is 1. The van der Waals surface area contributed by atoms with Crippen molar-refractivity contribution in [3.8, 4) is 0 Å². The number of hydrogen-bond acceptors (Lipinski definition) is 2. The van der Waals surface area contributed by atoms with Gasteiger partial charge >= 0.3 is 6.03 Å². The summed E-state index contributed by atoms with van der Waals surface area (Å²) in [4.78, 5) is 15.2. The third-order valence-corrected chi connectivity index (χ3v) is 8.32. The average Bonchev–Trinajstić information content (AvgIpc) is 2.71. The Hall–Kier alpha value is -1.55. The van der Waals surface area contributed by atoms with Crippen LogP contribution in [-0.2, 0) is 6.42 Å². The van der Waals surface area contributed by atoms with E-state index < -0.39 is 0 Å². The molecule has 4 bridgehead atoms. The zero-order valence-electron chi connectivity index (χ0n) is 18.5. The number of piperidine rings is 1. The van der Waals surface area contributed by atoms with Gasteiger partial charge in [0.1, 0.15) is 0 Å². The van der Waals surface area contributed by atoms with E-state index in [2.05, 4.69) is 45.9 Å². The fourth-order valence-corrected chi connectivity index (χ4v) is 7.52. The molecule has 5 aliphatic rings. The molecule has 1 aliphatic heterocycles. The molecule has 6 rings (SSSR count). The van der Waals surface area contributed by atoms with Gasteiger partial charge in [-0.2, -0.15) is 0 Å². The first kappa shape index (κ1) is 20.4. The Morgan fingerprint density at radius 3 is 2.43 bits per heavy atom. The van der Waals surface area contributed by atoms with Gasteiger partial charge in [-0.25, -0.2) is 4.79 Å². The Kier molecular flexibility index (Phi) is 6.04. The molecule has 0 spiro atoms. The van der Waals surface area contributed by atoms with Gasteiger partial charge in [-0.1, -0.05) is 30.3 Å². The minimum atomic E-state index is 0.0811. The summed E-state index contributed by atoms with van der Waals surface area (Å²) in [5.74, 6) is 3.40. The number of carbonyl (C=O) groups excluding carboxylic acids is 1. The van der Waals surface area contributed by atoms with Crippen LogP contribution in [0, 0.1) is 23.7 Å². The Bertz CT molecular complexity index is 683. The van der Waals surface area contributed by atoms with Crippen molar-refractivity contribution in [3.63, 3.8) is 0 Å². The fourth-order valence-electron chi connectivity index (χ4n) is 7.52. The predicted octanol–water partition coefficient (Wildman–Crippen LogP) is 4.60. The molecular formula is C26H39N3O. The molecular weight excluding hydrogens is 370 g/mol. The molecule has 2 amide bonds. The van der Waals surface area contributed by atoms with E-state index in [-0.39, 0.29) is 11.6 Å². The number of nitrogens with one attached hydrogen (secondary N) is 2. The maximum Gasteiger partial charge on any atom is 0.315 e. The lowest BCUT2D eigenvalue weighted by atomic mass is 9.53. The molecule has 1 aromatic rings. The molecule has 4 heteroatoms. The summed E-state index contributed by atoms with van der Waals surface area (Å²) < 4.78 is 0. The van der Waals surface area contributed by atoms with E-state index in [0.717, 1.165) is 43.2 Å². The summed E-state index contributed by atoms with van der Waals surface area (Å²) in [6.07, 6.45) is 12.8. The van der Waals surface area contributed by atoms with Crippen LogP contribution in [0.2, 0.25) is 0 Å². The lowest BCUT2D eigenvalue weighted by molar-refractivity contribution is -0.0135. The van der Waals surface area contributed by atoms with E-state index in [1.165, 1.54) is 76.4 Å². The van der Waals surface area contributed by atoms with Crippen LogP contribution in [0.15, 0.2) is 30.3 Å². The second-order valence-electron chi connectivity index (χ2n) is 10.9. The van der Waals surface area contributed by atoms with Crippen molar-refractivity contribution in [3.05, 3.63) is 35.9 Å². The van der Waals surface area contributed by atoms with Gasteiger partial charge in [0.05, 0.1) is 0 Å². The average molecular weight is 410 g/mol. The molecule has 164 valence electrons. The van der Waals surface area contributed by atoms with Gasteiger partial charge in [-0.15, -0.1) is 0 Å². The monoisotopic (exact) mass is 409 g/mol. The standard InChI is InChI=1S/C26H39N3O/c30-25(28-26-16-22-13-23(17-26)15-24(14-22)18-26)27-9-5-11-29-10-4-8-21(19-29)12-20-6-2-1-3-7-20/h1-3,6-7,21-24H,4-5,8-19H2,(H2,27,28,30). The van der Waals surface area contributed by atoms with Crippen molar-refractivity contribution in [1.82, 2.24) is 15.5 Å². The van der Waals surface area contributed by atoms with Crippen LogP contribution in [0.1, 0.15) is 63.4 Å². The lowest BCUT2D eigenvalue weighted by Crippen LogP contribution is -2.61. The number of likely N-dealkylation sites (tertiary alicyclic amines) is 1. The zero-order valence-corrected chi connectivity index (χ0v) is 18.5. The number of amides is 2. The molecule has 2 N–H and O–H groups in total. The number of rotatable bonds is 7. The zero-order chi connectivity index (χ0) is 20.4. The molecule has 1 unspecified atom stereocenters. The summed E-state index contributed by atoms with van der Waals surface area (Å²) in [6.45, 7) is 4.31. The van der Waals surface area contributed by atoms with Gasteiger partial charge in [-0.05, 0) is 107 Å². The van der Waals surface area contributed by atoms with Crippen LogP contribution in [0.4, 0.5) is 4.79 Å². The summed E-state index contributed by atoms with van der Waals surface area (Å²) in [7, 11) is 0. The summed E-state index contributed by atoms with van der Waals surface area (Å²) in [6, 6.07) is 11.0. The third kappa shape index (κ3) is 4.85. The van der Waals surface area contributed by atoms with Gasteiger partial charge in [0.2, 0.25) is 0 Å². The first-order chi connectivity index (χ1) is 14.7. The van der Waals surface area contributed by atoms with Crippen LogP contribution >= 0.6 is 0 Å². The molecule has 0 radical (unpaired) electrons. The van der Waals surface area contributed by atoms with E-state index in [9.17, 15) is 4.79 Å². The third-order valence-electron chi connectivity index (χ3n) is 8.32. The van der Waals surface area contributed by atoms with Crippen molar-refractivity contribution < 1.29 is 4.79 Å². The number of nitrogens with zero attached hydrogens (tertiary/aromatic N) is 1. The number of hydrogen-bond donors (Lipinski definition) is 2. The number of benzene rings is 1. The van der Waals surface area contributed by atoms with Crippen LogP contribution in [-0.4, -0.2) is 42.6 Å². The van der Waals surface area contributed by atoms with E-state index in [1.54, 1.807) is 0 Å². The van der Waals surface area contributed by atoms with Crippen LogP contribution in [0.3, 0.4) is 0 Å². The van der Waals surface area contributed by atoms with Gasteiger partial charge < -0.3 is 15.5 Å². The highest BCUT2D eigenvalue weighted by molar-refractivity contribution is 5.74. The van der Waals surface area contributed by atoms with Crippen LogP contribution in [0.25, 0.3) is 0 Å². The second kappa shape index (κ2) is 8.90. The van der Waals surface area contributed by atoms with Crippen LogP contribution < -0.4 is 10.6 Å². The maximum atomic E-state index is 12.6. The summed E-state index contributed by atoms with van der Waals surface area (Å²) in [5, 5.41) is 6.61. The quantitative estimate of drug-likeness (QED) is 0.647. The summed E-state index contributed by atoms with van der Waals surface area (Å²) >= 11 is 0. The van der Waals surface area contributed by atoms with Crippen molar-refractivity contribution >= 4 is 6.03 Å². The molecule has 1 heterocycles. The van der Waals surface area contributed by atoms with Crippen LogP contribution in [0.5, 0.6) is 0 Å².